The van der Waals surface area contributed by atoms with Crippen molar-refractivity contribution in [3.63, 3.8) is 0 Å². The Bertz CT molecular complexity index is 642. The molecular formula is C22H27ClOZr. The number of benzene rings is 1. The van der Waals surface area contributed by atoms with E-state index in [1.54, 1.807) is 6.56 Å². The summed E-state index contributed by atoms with van der Waals surface area (Å²) in [5.74, 6) is 1.70. The zero-order chi connectivity index (χ0) is 18.2. The summed E-state index contributed by atoms with van der Waals surface area (Å²) < 4.78 is 8.42. The van der Waals surface area contributed by atoms with Crippen LogP contribution < -0.4 is 4.29 Å². The molecule has 3 rings (SSSR count). The predicted molar refractivity (Wildman–Crippen MR) is 105 cm³/mol. The minimum Gasteiger partial charge on any atom is -0.385 e. The van der Waals surface area contributed by atoms with Gasteiger partial charge in [-0.25, -0.2) is 0 Å². The van der Waals surface area contributed by atoms with Gasteiger partial charge in [0.25, 0.3) is 0 Å². The van der Waals surface area contributed by atoms with Crippen molar-refractivity contribution in [2.75, 3.05) is 0 Å². The van der Waals surface area contributed by atoms with Crippen molar-refractivity contribution in [3.05, 3.63) is 72.3 Å². The van der Waals surface area contributed by atoms with E-state index < -0.39 is 0 Å². The summed E-state index contributed by atoms with van der Waals surface area (Å²) >= 11 is 5.21. The summed E-state index contributed by atoms with van der Waals surface area (Å²) in [5, 5.41) is 0. The Hall–Kier alpha value is -0.847. The zero-order valence-electron chi connectivity index (χ0n) is 15.6. The second-order valence-electron chi connectivity index (χ2n) is 6.93. The average molecular weight is 434 g/mol. The van der Waals surface area contributed by atoms with E-state index in [9.17, 15) is 0 Å². The van der Waals surface area contributed by atoms with Crippen molar-refractivity contribution in [1.29, 1.82) is 0 Å². The second-order valence-corrected chi connectivity index (χ2v) is 10.9. The molecule has 1 aromatic rings. The van der Waals surface area contributed by atoms with E-state index in [4.69, 9.17) is 16.2 Å². The Labute approximate surface area is 169 Å². The van der Waals surface area contributed by atoms with Crippen LogP contribution in [-0.4, -0.2) is 0 Å². The van der Waals surface area contributed by atoms with Crippen molar-refractivity contribution >= 4 is 11.9 Å². The molecule has 0 atom stereocenters. The normalized spacial score (nSPS) is 15.2. The van der Waals surface area contributed by atoms with Gasteiger partial charge in [-0.1, -0.05) is 45.9 Å². The molecule has 0 N–H and O–H groups in total. The van der Waals surface area contributed by atoms with Gasteiger partial charge in [0.05, 0.1) is 0 Å². The van der Waals surface area contributed by atoms with Crippen molar-refractivity contribution in [1.82, 2.24) is 0 Å². The van der Waals surface area contributed by atoms with Crippen molar-refractivity contribution in [3.8, 4) is 5.75 Å². The topological polar surface area (TPSA) is 9.23 Å². The third kappa shape index (κ3) is 6.12. The molecule has 0 radical (unpaired) electrons. The number of halogens is 1. The van der Waals surface area contributed by atoms with E-state index in [-0.39, 0.29) is 23.2 Å². The number of hydrogen-bond donors (Lipinski definition) is 0. The molecule has 0 spiro atoms. The zero-order valence-corrected chi connectivity index (χ0v) is 18.8. The minimum atomic E-state index is -0.312. The summed E-state index contributed by atoms with van der Waals surface area (Å²) in [7, 11) is 0. The number of hydrogen-bond acceptors (Lipinski definition) is 1. The molecule has 2 aliphatic carbocycles. The predicted octanol–water partition coefficient (Wildman–Crippen LogP) is 7.22. The molecule has 0 aromatic heterocycles. The third-order valence-corrected chi connectivity index (χ3v) is 7.82. The monoisotopic (exact) mass is 432 g/mol. The number of allylic oxidation sites excluding steroid dienone is 8. The van der Waals surface area contributed by atoms with E-state index in [0.29, 0.717) is 11.8 Å². The summed E-state index contributed by atoms with van der Waals surface area (Å²) in [6.07, 6.45) is 16.0. The van der Waals surface area contributed by atoms with E-state index in [1.807, 2.05) is 0 Å². The maximum Gasteiger partial charge on any atom is 0.153 e. The molecule has 1 aromatic carbocycles. The van der Waals surface area contributed by atoms with E-state index >= 15 is 0 Å². The summed E-state index contributed by atoms with van der Waals surface area (Å²) in [6, 6.07) is 6.19. The smallest absolute Gasteiger partial charge is 0.153 e. The first-order chi connectivity index (χ1) is 12.0. The van der Waals surface area contributed by atoms with Gasteiger partial charge in [-0.05, 0) is 23.0 Å². The minimum absolute atomic E-state index is 0.312. The van der Waals surface area contributed by atoms with Crippen molar-refractivity contribution in [2.45, 2.75) is 52.4 Å². The van der Waals surface area contributed by atoms with Crippen LogP contribution in [-0.2, 0) is 23.2 Å². The van der Waals surface area contributed by atoms with Crippen LogP contribution in [0.25, 0.3) is 0 Å². The molecule has 0 bridgehead atoms. The Morgan fingerprint density at radius 3 is 1.68 bits per heavy atom. The molecule has 132 valence electrons. The first kappa shape index (κ1) is 20.5. The fourth-order valence-electron chi connectivity index (χ4n) is 2.86. The van der Waals surface area contributed by atoms with Gasteiger partial charge < -0.3 is 4.29 Å². The van der Waals surface area contributed by atoms with Crippen LogP contribution in [0.2, 0.25) is 0 Å². The van der Waals surface area contributed by atoms with Crippen LogP contribution >= 0.6 is 11.9 Å². The summed E-state index contributed by atoms with van der Waals surface area (Å²) in [5.41, 5.74) is 2.34. The van der Waals surface area contributed by atoms with Gasteiger partial charge in [0.2, 0.25) is 0 Å². The van der Waals surface area contributed by atoms with Gasteiger partial charge in [0, 0.05) is 0 Å². The fraction of sp³-hybridized carbons (Fsp3) is 0.364. The average Bonchev–Trinajstić information content (AvgIpc) is 3.29. The van der Waals surface area contributed by atoms with E-state index in [1.165, 1.54) is 24.0 Å². The SMILES string of the molecule is C1=CC[C]([Zr][C]2=CC=CC2)=C1.CC(C)c1cccc(C(C)C)c1OCl. The maximum atomic E-state index is 5.53. The van der Waals surface area contributed by atoms with Crippen molar-refractivity contribution in [2.24, 2.45) is 0 Å². The molecule has 3 heteroatoms. The molecule has 0 saturated carbocycles. The van der Waals surface area contributed by atoms with Gasteiger partial charge in [-0.2, -0.15) is 0 Å². The molecule has 0 aliphatic heterocycles. The van der Waals surface area contributed by atoms with E-state index in [0.717, 1.165) is 5.75 Å². The summed E-state index contributed by atoms with van der Waals surface area (Å²) in [6.45, 7) is 8.55. The molecule has 0 saturated heterocycles. The van der Waals surface area contributed by atoms with Crippen LogP contribution in [0.5, 0.6) is 5.75 Å². The summed E-state index contributed by atoms with van der Waals surface area (Å²) in [4.78, 5) is 0. The van der Waals surface area contributed by atoms with Gasteiger partial charge in [-0.15, -0.1) is 0 Å². The van der Waals surface area contributed by atoms with Crippen LogP contribution in [0.15, 0.2) is 61.2 Å². The Kier molecular flexibility index (Phi) is 8.46. The van der Waals surface area contributed by atoms with Crippen LogP contribution in [0.4, 0.5) is 0 Å². The van der Waals surface area contributed by atoms with Gasteiger partial charge >= 0.3 is 79.1 Å². The Morgan fingerprint density at radius 1 is 0.880 bits per heavy atom. The van der Waals surface area contributed by atoms with Crippen molar-refractivity contribution < 1.29 is 27.5 Å². The molecule has 0 fully saturated rings. The number of rotatable bonds is 5. The first-order valence-corrected chi connectivity index (χ1v) is 11.7. The second kappa shape index (κ2) is 10.3. The van der Waals surface area contributed by atoms with Gasteiger partial charge in [0.15, 0.2) is 5.75 Å². The first-order valence-electron chi connectivity index (χ1n) is 8.92. The fourth-order valence-corrected chi connectivity index (χ4v) is 6.01. The maximum absolute atomic E-state index is 5.53. The molecule has 0 heterocycles. The Balaban J connectivity index is 0.000000185. The standard InChI is InChI=1S/C12H17ClO.2C5H5.Zr/c1-8(2)10-6-5-7-11(9(3)4)12(10)14-13;2*1-2-4-5-3-1;/h5-9H,1-4H3;2*1-3H,4H2;. The third-order valence-electron chi connectivity index (χ3n) is 4.26. The molecule has 0 unspecified atom stereocenters. The van der Waals surface area contributed by atoms with Gasteiger partial charge in [0.1, 0.15) is 11.9 Å². The van der Waals surface area contributed by atoms with Gasteiger partial charge in [-0.3, -0.25) is 0 Å². The van der Waals surface area contributed by atoms with Crippen LogP contribution in [0.1, 0.15) is 63.5 Å². The molecule has 25 heavy (non-hydrogen) atoms. The number of para-hydroxylation sites is 1. The largest absolute Gasteiger partial charge is 0.385 e. The molecule has 1 nitrogen and oxygen atoms in total. The molecular weight excluding hydrogens is 407 g/mol. The molecule has 0 amide bonds. The van der Waals surface area contributed by atoms with E-state index in [2.05, 4.69) is 82.4 Å². The Morgan fingerprint density at radius 2 is 1.36 bits per heavy atom. The molecule has 2 aliphatic rings. The quantitative estimate of drug-likeness (QED) is 0.476. The van der Waals surface area contributed by atoms with Crippen LogP contribution in [0.3, 0.4) is 0 Å². The van der Waals surface area contributed by atoms with Crippen LogP contribution in [0, 0.1) is 0 Å².